The second-order valence-electron chi connectivity index (χ2n) is 8.20. The Morgan fingerprint density at radius 3 is 2.54 bits per heavy atom. The Hall–Kier alpha value is -3.17. The summed E-state index contributed by atoms with van der Waals surface area (Å²) in [6, 6.07) is 11.0. The maximum atomic E-state index is 13.1. The molecular formula is C25H25ClN4O4S. The van der Waals surface area contributed by atoms with E-state index in [4.69, 9.17) is 35.9 Å². The van der Waals surface area contributed by atoms with Crippen molar-refractivity contribution in [3.63, 3.8) is 0 Å². The molecule has 1 atom stereocenters. The van der Waals surface area contributed by atoms with Gasteiger partial charge in [0.2, 0.25) is 16.9 Å². The van der Waals surface area contributed by atoms with Gasteiger partial charge in [0.15, 0.2) is 17.3 Å². The van der Waals surface area contributed by atoms with Crippen LogP contribution in [0, 0.1) is 0 Å². The molecule has 1 unspecified atom stereocenters. The van der Waals surface area contributed by atoms with Gasteiger partial charge in [0.1, 0.15) is 6.04 Å². The van der Waals surface area contributed by atoms with Crippen LogP contribution in [0.25, 0.3) is 0 Å². The molecular weight excluding hydrogens is 488 g/mol. The van der Waals surface area contributed by atoms with E-state index in [1.165, 1.54) is 11.8 Å². The van der Waals surface area contributed by atoms with E-state index in [-0.39, 0.29) is 5.78 Å². The number of methoxy groups -OCH3 is 3. The number of carbonyl (C=O) groups excluding carboxylic acids is 1. The van der Waals surface area contributed by atoms with E-state index in [1.54, 1.807) is 26.0 Å². The lowest BCUT2D eigenvalue weighted by Crippen LogP contribution is -2.31. The van der Waals surface area contributed by atoms with Gasteiger partial charge < -0.3 is 19.5 Å². The van der Waals surface area contributed by atoms with Crippen molar-refractivity contribution in [2.24, 2.45) is 0 Å². The molecule has 1 aliphatic carbocycles. The zero-order chi connectivity index (χ0) is 24.5. The minimum atomic E-state index is -0.468. The van der Waals surface area contributed by atoms with E-state index >= 15 is 0 Å². The highest BCUT2D eigenvalue weighted by Crippen LogP contribution is 2.46. The van der Waals surface area contributed by atoms with Crippen molar-refractivity contribution in [2.45, 2.75) is 36.2 Å². The number of ketones is 1. The molecule has 0 radical (unpaired) electrons. The smallest absolute Gasteiger partial charge is 0.227 e. The number of thioether (sulfide) groups is 1. The summed E-state index contributed by atoms with van der Waals surface area (Å²) >= 11 is 7.82. The largest absolute Gasteiger partial charge is 0.493 e. The number of hydrogen-bond donors (Lipinski definition) is 1. The van der Waals surface area contributed by atoms with Gasteiger partial charge in [0, 0.05) is 28.5 Å². The summed E-state index contributed by atoms with van der Waals surface area (Å²) in [5, 5.41) is 9.46. The van der Waals surface area contributed by atoms with Crippen LogP contribution in [0.3, 0.4) is 0 Å². The Kier molecular flexibility index (Phi) is 6.62. The predicted molar refractivity (Wildman–Crippen MR) is 135 cm³/mol. The first-order valence-electron chi connectivity index (χ1n) is 11.2. The minimum Gasteiger partial charge on any atom is -0.493 e. The van der Waals surface area contributed by atoms with E-state index in [2.05, 4.69) is 5.32 Å². The Bertz CT molecular complexity index is 1300. The van der Waals surface area contributed by atoms with Crippen molar-refractivity contribution in [1.82, 2.24) is 14.8 Å². The average Bonchev–Trinajstić information content (AvgIpc) is 3.28. The molecule has 5 rings (SSSR count). The third-order valence-electron chi connectivity index (χ3n) is 6.17. The third kappa shape index (κ3) is 4.34. The van der Waals surface area contributed by atoms with Crippen LogP contribution >= 0.6 is 23.4 Å². The van der Waals surface area contributed by atoms with E-state index < -0.39 is 6.04 Å². The molecule has 1 aromatic heterocycles. The third-order valence-corrected chi connectivity index (χ3v) is 7.42. The number of Topliss-reactive ketones (excluding diaryl/α,β-unsaturated/α-hetero) is 1. The monoisotopic (exact) mass is 512 g/mol. The van der Waals surface area contributed by atoms with Gasteiger partial charge >= 0.3 is 0 Å². The van der Waals surface area contributed by atoms with Crippen molar-refractivity contribution in [3.8, 4) is 17.2 Å². The molecule has 35 heavy (non-hydrogen) atoms. The predicted octanol–water partition coefficient (Wildman–Crippen LogP) is 5.27. The molecule has 2 heterocycles. The first kappa shape index (κ1) is 23.6. The summed E-state index contributed by atoms with van der Waals surface area (Å²) in [4.78, 5) is 17.9. The van der Waals surface area contributed by atoms with Crippen molar-refractivity contribution < 1.29 is 19.0 Å². The summed E-state index contributed by atoms with van der Waals surface area (Å²) in [7, 11) is 4.71. The van der Waals surface area contributed by atoms with Crippen LogP contribution in [0.1, 0.15) is 36.4 Å². The highest BCUT2D eigenvalue weighted by molar-refractivity contribution is 7.98. The molecule has 1 aliphatic heterocycles. The van der Waals surface area contributed by atoms with Crippen molar-refractivity contribution >= 4 is 35.1 Å². The number of benzene rings is 2. The van der Waals surface area contributed by atoms with Crippen LogP contribution in [-0.4, -0.2) is 41.9 Å². The van der Waals surface area contributed by atoms with Gasteiger partial charge in [-0.25, -0.2) is 4.68 Å². The lowest BCUT2D eigenvalue weighted by atomic mass is 9.85. The van der Waals surface area contributed by atoms with Crippen molar-refractivity contribution in [1.29, 1.82) is 0 Å². The van der Waals surface area contributed by atoms with E-state index in [0.29, 0.717) is 51.1 Å². The Morgan fingerprint density at radius 2 is 1.86 bits per heavy atom. The first-order chi connectivity index (χ1) is 17.0. The number of rotatable bonds is 7. The Balaban J connectivity index is 1.58. The van der Waals surface area contributed by atoms with Gasteiger partial charge in [-0.05, 0) is 42.2 Å². The summed E-state index contributed by atoms with van der Waals surface area (Å²) in [6.45, 7) is 0. The van der Waals surface area contributed by atoms with Crippen LogP contribution in [0.2, 0.25) is 5.02 Å². The molecule has 182 valence electrons. The highest BCUT2D eigenvalue weighted by Gasteiger charge is 2.37. The molecule has 3 aromatic rings. The molecule has 0 bridgehead atoms. The number of nitrogens with zero attached hydrogens (tertiary/aromatic N) is 3. The summed E-state index contributed by atoms with van der Waals surface area (Å²) in [5.74, 6) is 2.85. The summed E-state index contributed by atoms with van der Waals surface area (Å²) < 4.78 is 18.4. The number of anilines is 1. The van der Waals surface area contributed by atoms with Crippen LogP contribution in [0.15, 0.2) is 52.8 Å². The molecule has 0 saturated heterocycles. The van der Waals surface area contributed by atoms with Crippen LogP contribution in [-0.2, 0) is 10.5 Å². The highest BCUT2D eigenvalue weighted by atomic mass is 35.5. The number of carbonyl (C=O) groups is 1. The molecule has 10 heteroatoms. The molecule has 0 spiro atoms. The fraction of sp³-hybridized carbons (Fsp3) is 0.320. The van der Waals surface area contributed by atoms with Crippen LogP contribution in [0.4, 0.5) is 5.95 Å². The average molecular weight is 513 g/mol. The molecule has 0 amide bonds. The molecule has 2 aliphatic rings. The maximum Gasteiger partial charge on any atom is 0.227 e. The van der Waals surface area contributed by atoms with Crippen molar-refractivity contribution in [3.05, 3.63) is 63.8 Å². The van der Waals surface area contributed by atoms with E-state index in [1.807, 2.05) is 36.4 Å². The minimum absolute atomic E-state index is 0.101. The zero-order valence-electron chi connectivity index (χ0n) is 19.6. The Labute approximate surface area is 212 Å². The van der Waals surface area contributed by atoms with Gasteiger partial charge in [-0.15, -0.1) is 5.10 Å². The normalized spacial score (nSPS) is 16.9. The number of hydrogen-bond acceptors (Lipinski definition) is 8. The molecule has 8 nitrogen and oxygen atoms in total. The van der Waals surface area contributed by atoms with Gasteiger partial charge in [-0.1, -0.05) is 41.6 Å². The van der Waals surface area contributed by atoms with E-state index in [0.717, 1.165) is 29.7 Å². The lowest BCUT2D eigenvalue weighted by molar-refractivity contribution is -0.116. The fourth-order valence-corrected chi connectivity index (χ4v) is 5.64. The SMILES string of the molecule is COc1cc(C2C3=C(CCCC3=O)Nc3nc(SCc4ccccc4Cl)nn32)cc(OC)c1OC. The summed E-state index contributed by atoms with van der Waals surface area (Å²) in [5.41, 5.74) is 3.40. The molecule has 0 saturated carbocycles. The van der Waals surface area contributed by atoms with E-state index in [9.17, 15) is 4.79 Å². The fourth-order valence-electron chi connectivity index (χ4n) is 4.52. The standard InChI is InChI=1S/C25H25ClN4O4S/c1-32-19-11-15(12-20(33-2)23(19)34-3)22-21-17(9-6-10-18(21)31)27-24-28-25(29-30(22)24)35-13-14-7-4-5-8-16(14)26/h4-5,7-8,11-12,22H,6,9-10,13H2,1-3H3,(H,27,28,29). The van der Waals surface area contributed by atoms with Gasteiger partial charge in [0.05, 0.1) is 21.3 Å². The molecule has 2 aromatic carbocycles. The van der Waals surface area contributed by atoms with Gasteiger partial charge in [-0.2, -0.15) is 4.98 Å². The van der Waals surface area contributed by atoms with Gasteiger partial charge in [-0.3, -0.25) is 4.79 Å². The quantitative estimate of drug-likeness (QED) is 0.428. The van der Waals surface area contributed by atoms with Gasteiger partial charge in [0.25, 0.3) is 0 Å². The zero-order valence-corrected chi connectivity index (χ0v) is 21.2. The number of ether oxygens (including phenoxy) is 3. The number of fused-ring (bicyclic) bond motifs is 1. The Morgan fingerprint density at radius 1 is 1.11 bits per heavy atom. The summed E-state index contributed by atoms with van der Waals surface area (Å²) in [6.07, 6.45) is 2.07. The maximum absolute atomic E-state index is 13.1. The second kappa shape index (κ2) is 9.83. The number of halogens is 1. The first-order valence-corrected chi connectivity index (χ1v) is 12.6. The van der Waals surface area contributed by atoms with Crippen LogP contribution < -0.4 is 19.5 Å². The second-order valence-corrected chi connectivity index (χ2v) is 9.55. The molecule has 0 fully saturated rings. The number of aromatic nitrogens is 3. The molecule has 1 N–H and O–H groups in total. The lowest BCUT2D eigenvalue weighted by Gasteiger charge is -2.32. The number of allylic oxidation sites excluding steroid dienone is 2. The van der Waals surface area contributed by atoms with Crippen LogP contribution in [0.5, 0.6) is 17.2 Å². The van der Waals surface area contributed by atoms with Crippen molar-refractivity contribution in [2.75, 3.05) is 26.6 Å². The number of nitrogens with one attached hydrogen (secondary N) is 1. The topological polar surface area (TPSA) is 87.5 Å².